The maximum absolute atomic E-state index is 12.5. The molecule has 0 unspecified atom stereocenters. The first-order chi connectivity index (χ1) is 16.5. The van der Waals surface area contributed by atoms with Gasteiger partial charge in [-0.15, -0.1) is 0 Å². The van der Waals surface area contributed by atoms with Crippen molar-refractivity contribution in [1.29, 1.82) is 0 Å². The lowest BCUT2D eigenvalue weighted by molar-refractivity contribution is 0.261. The molecule has 2 heterocycles. The van der Waals surface area contributed by atoms with Crippen LogP contribution in [-0.2, 0) is 16.4 Å². The Morgan fingerprint density at radius 1 is 0.912 bits per heavy atom. The molecule has 3 aromatic carbocycles. The molecular formula is C25H25ClN4O2S2. The number of halogens is 1. The minimum atomic E-state index is -3.64. The fourth-order valence-electron chi connectivity index (χ4n) is 4.14. The molecule has 0 radical (unpaired) electrons. The molecule has 0 spiro atoms. The third kappa shape index (κ3) is 5.20. The van der Waals surface area contributed by atoms with Crippen LogP contribution in [-0.4, -0.2) is 50.4 Å². The van der Waals surface area contributed by atoms with E-state index in [0.717, 1.165) is 45.0 Å². The summed E-state index contributed by atoms with van der Waals surface area (Å²) in [4.78, 5) is 5.05. The van der Waals surface area contributed by atoms with Crippen LogP contribution >= 0.6 is 23.1 Å². The molecule has 5 rings (SSSR count). The van der Waals surface area contributed by atoms with E-state index in [2.05, 4.69) is 43.2 Å². The molecule has 1 aromatic heterocycles. The molecule has 176 valence electrons. The third-order valence-corrected chi connectivity index (χ3v) is 8.54. The van der Waals surface area contributed by atoms with Crippen LogP contribution in [0.5, 0.6) is 0 Å². The number of rotatable bonds is 7. The van der Waals surface area contributed by atoms with Crippen LogP contribution < -0.4 is 9.62 Å². The van der Waals surface area contributed by atoms with Crippen LogP contribution in [0.1, 0.15) is 5.56 Å². The number of nitrogens with zero attached hydrogens (tertiary/aromatic N) is 3. The number of hydrogen-bond donors (Lipinski definition) is 1. The standard InChI is InChI=1S/C25H25ClN4O2S2/c26-20-7-11-22(12-8-20)34(31,32)28-21-9-5-19(6-10-21)13-14-29-15-17-30(18-16-29)25-23-3-1-2-4-24(23)33-27-25/h1-12,28H,13-18H2. The topological polar surface area (TPSA) is 65.5 Å². The van der Waals surface area contributed by atoms with Gasteiger partial charge in [0.2, 0.25) is 0 Å². The summed E-state index contributed by atoms with van der Waals surface area (Å²) in [5, 5.41) is 1.74. The Morgan fingerprint density at radius 3 is 2.35 bits per heavy atom. The molecule has 4 aromatic rings. The molecule has 1 N–H and O–H groups in total. The first-order valence-electron chi connectivity index (χ1n) is 11.2. The largest absolute Gasteiger partial charge is 0.353 e. The Balaban J connectivity index is 1.13. The van der Waals surface area contributed by atoms with E-state index in [1.807, 2.05) is 24.3 Å². The van der Waals surface area contributed by atoms with Gasteiger partial charge in [0.25, 0.3) is 10.0 Å². The van der Waals surface area contributed by atoms with Gasteiger partial charge in [0.1, 0.15) is 5.82 Å². The number of piperazine rings is 1. The van der Waals surface area contributed by atoms with E-state index in [1.165, 1.54) is 27.8 Å². The highest BCUT2D eigenvalue weighted by Gasteiger charge is 2.20. The van der Waals surface area contributed by atoms with Gasteiger partial charge in [0.05, 0.1) is 9.60 Å². The van der Waals surface area contributed by atoms with Gasteiger partial charge in [-0.1, -0.05) is 35.9 Å². The summed E-state index contributed by atoms with van der Waals surface area (Å²) in [6.45, 7) is 4.93. The van der Waals surface area contributed by atoms with E-state index in [9.17, 15) is 8.42 Å². The zero-order valence-corrected chi connectivity index (χ0v) is 20.9. The third-order valence-electron chi connectivity index (χ3n) is 6.08. The fraction of sp³-hybridized carbons (Fsp3) is 0.240. The number of nitrogens with one attached hydrogen (secondary N) is 1. The smallest absolute Gasteiger partial charge is 0.261 e. The van der Waals surface area contributed by atoms with Crippen molar-refractivity contribution >= 4 is 54.7 Å². The number of benzene rings is 3. The normalized spacial score (nSPS) is 15.0. The summed E-state index contributed by atoms with van der Waals surface area (Å²) in [6, 6.07) is 22.1. The monoisotopic (exact) mass is 512 g/mol. The molecule has 1 aliphatic rings. The molecule has 6 nitrogen and oxygen atoms in total. The highest BCUT2D eigenvalue weighted by atomic mass is 35.5. The number of sulfonamides is 1. The van der Waals surface area contributed by atoms with Crippen molar-refractivity contribution in [3.63, 3.8) is 0 Å². The van der Waals surface area contributed by atoms with Gasteiger partial charge in [-0.3, -0.25) is 9.62 Å². The van der Waals surface area contributed by atoms with E-state index in [0.29, 0.717) is 10.7 Å². The summed E-state index contributed by atoms with van der Waals surface area (Å²) >= 11 is 7.42. The maximum atomic E-state index is 12.5. The quantitative estimate of drug-likeness (QED) is 0.372. The molecule has 1 saturated heterocycles. The van der Waals surface area contributed by atoms with Gasteiger partial charge in [-0.2, -0.15) is 4.37 Å². The van der Waals surface area contributed by atoms with E-state index in [-0.39, 0.29) is 4.90 Å². The van der Waals surface area contributed by atoms with Crippen molar-refractivity contribution in [2.45, 2.75) is 11.3 Å². The highest BCUT2D eigenvalue weighted by Crippen LogP contribution is 2.29. The van der Waals surface area contributed by atoms with Crippen LogP contribution in [0.25, 0.3) is 10.1 Å². The lowest BCUT2D eigenvalue weighted by Gasteiger charge is -2.35. The summed E-state index contributed by atoms with van der Waals surface area (Å²) in [5.41, 5.74) is 1.73. The Morgan fingerprint density at radius 2 is 1.62 bits per heavy atom. The first kappa shape index (κ1) is 23.1. The number of fused-ring (bicyclic) bond motifs is 1. The van der Waals surface area contributed by atoms with Crippen LogP contribution in [0, 0.1) is 0 Å². The fourth-order valence-corrected chi connectivity index (χ4v) is 6.12. The summed E-state index contributed by atoms with van der Waals surface area (Å²) < 4.78 is 33.6. The maximum Gasteiger partial charge on any atom is 0.261 e. The number of aromatic nitrogens is 1. The van der Waals surface area contributed by atoms with E-state index < -0.39 is 10.0 Å². The summed E-state index contributed by atoms with van der Waals surface area (Å²) in [6.07, 6.45) is 0.920. The number of hydrogen-bond acceptors (Lipinski definition) is 6. The molecule has 34 heavy (non-hydrogen) atoms. The van der Waals surface area contributed by atoms with Gasteiger partial charge in [0.15, 0.2) is 0 Å². The Bertz CT molecular complexity index is 1360. The molecule has 0 atom stereocenters. The molecule has 9 heteroatoms. The predicted molar refractivity (Wildman–Crippen MR) is 141 cm³/mol. The van der Waals surface area contributed by atoms with Crippen molar-refractivity contribution in [2.75, 3.05) is 42.3 Å². The molecule has 1 aliphatic heterocycles. The van der Waals surface area contributed by atoms with Gasteiger partial charge < -0.3 is 4.90 Å². The molecule has 0 saturated carbocycles. The van der Waals surface area contributed by atoms with E-state index >= 15 is 0 Å². The zero-order valence-electron chi connectivity index (χ0n) is 18.5. The Labute approximate surface area is 209 Å². The Hall–Kier alpha value is -2.65. The molecular weight excluding hydrogens is 488 g/mol. The van der Waals surface area contributed by atoms with Crippen molar-refractivity contribution in [3.05, 3.63) is 83.4 Å². The van der Waals surface area contributed by atoms with Crippen LogP contribution in [0.3, 0.4) is 0 Å². The van der Waals surface area contributed by atoms with Gasteiger partial charge >= 0.3 is 0 Å². The van der Waals surface area contributed by atoms with Crippen molar-refractivity contribution in [3.8, 4) is 0 Å². The SMILES string of the molecule is O=S(=O)(Nc1ccc(CCN2CCN(c3nsc4ccccc34)CC2)cc1)c1ccc(Cl)cc1. The lowest BCUT2D eigenvalue weighted by Crippen LogP contribution is -2.47. The zero-order chi connectivity index (χ0) is 23.5. The van der Waals surface area contributed by atoms with Gasteiger partial charge in [-0.25, -0.2) is 8.42 Å². The van der Waals surface area contributed by atoms with Gasteiger partial charge in [0, 0.05) is 48.8 Å². The van der Waals surface area contributed by atoms with E-state index in [4.69, 9.17) is 11.6 Å². The molecule has 0 amide bonds. The Kier molecular flexibility index (Phi) is 6.74. The van der Waals surface area contributed by atoms with E-state index in [1.54, 1.807) is 23.7 Å². The highest BCUT2D eigenvalue weighted by molar-refractivity contribution is 7.92. The minimum Gasteiger partial charge on any atom is -0.353 e. The average Bonchev–Trinajstić information content (AvgIpc) is 3.28. The van der Waals surface area contributed by atoms with Crippen LogP contribution in [0.15, 0.2) is 77.7 Å². The predicted octanol–water partition coefficient (Wildman–Crippen LogP) is 5.12. The number of anilines is 2. The van der Waals surface area contributed by atoms with Crippen molar-refractivity contribution < 1.29 is 8.42 Å². The van der Waals surface area contributed by atoms with Gasteiger partial charge in [-0.05, 0) is 72.0 Å². The molecule has 0 bridgehead atoms. The molecule has 0 aliphatic carbocycles. The second-order valence-corrected chi connectivity index (χ2v) is 11.3. The average molecular weight is 513 g/mol. The second-order valence-electron chi connectivity index (χ2n) is 8.34. The second kappa shape index (κ2) is 9.92. The lowest BCUT2D eigenvalue weighted by atomic mass is 10.1. The minimum absolute atomic E-state index is 0.186. The van der Waals surface area contributed by atoms with Crippen molar-refractivity contribution in [2.24, 2.45) is 0 Å². The summed E-state index contributed by atoms with van der Waals surface area (Å²) in [7, 11) is -3.64. The van der Waals surface area contributed by atoms with Crippen molar-refractivity contribution in [1.82, 2.24) is 9.27 Å². The van der Waals surface area contributed by atoms with Crippen LogP contribution in [0.2, 0.25) is 5.02 Å². The first-order valence-corrected chi connectivity index (χ1v) is 13.8. The summed E-state index contributed by atoms with van der Waals surface area (Å²) in [5.74, 6) is 1.11. The molecule has 1 fully saturated rings. The van der Waals surface area contributed by atoms with Crippen LogP contribution in [0.4, 0.5) is 11.5 Å².